The fourth-order valence-electron chi connectivity index (χ4n) is 4.38. The van der Waals surface area contributed by atoms with Crippen LogP contribution in [0.3, 0.4) is 0 Å². The minimum Gasteiger partial charge on any atom is -0.398 e. The Morgan fingerprint density at radius 2 is 1.37 bits per heavy atom. The largest absolute Gasteiger partial charge is 0.515 e. The van der Waals surface area contributed by atoms with Crippen LogP contribution in [-0.4, -0.2) is 23.3 Å². The van der Waals surface area contributed by atoms with Gasteiger partial charge in [0.15, 0.2) is 0 Å². The summed E-state index contributed by atoms with van der Waals surface area (Å²) in [7, 11) is -0.502. The second-order valence-electron chi connectivity index (χ2n) is 9.07. The van der Waals surface area contributed by atoms with Gasteiger partial charge in [0.2, 0.25) is 0 Å². The summed E-state index contributed by atoms with van der Waals surface area (Å²) in [6, 6.07) is 21.4. The van der Waals surface area contributed by atoms with Crippen LogP contribution in [0.5, 0.6) is 0 Å². The third-order valence-electron chi connectivity index (χ3n) is 6.71. The normalized spacial score (nSPS) is 18.2. The molecule has 0 N–H and O–H groups in total. The second-order valence-corrected chi connectivity index (χ2v) is 10.1. The average Bonchev–Trinajstić information content (AvgIpc) is 3.20. The average molecular weight is 411 g/mol. The van der Waals surface area contributed by atoms with E-state index in [0.29, 0.717) is 0 Å². The molecule has 1 aliphatic rings. The summed E-state index contributed by atoms with van der Waals surface area (Å²) in [5, 5.41) is 6.05. The smallest absolute Gasteiger partial charge is 0.398 e. The van der Waals surface area contributed by atoms with Crippen LogP contribution in [0, 0.1) is 0 Å². The Morgan fingerprint density at radius 3 is 2.13 bits per heavy atom. The maximum Gasteiger partial charge on any atom is 0.515 e. The first kappa shape index (κ1) is 18.3. The summed E-state index contributed by atoms with van der Waals surface area (Å²) in [4.78, 5) is 5.09. The van der Waals surface area contributed by atoms with Crippen molar-refractivity contribution in [3.05, 3.63) is 60.7 Å². The van der Waals surface area contributed by atoms with Crippen LogP contribution in [0.15, 0.2) is 60.7 Å². The fourth-order valence-corrected chi connectivity index (χ4v) is 5.64. The SMILES string of the molecule is CC1(C)OB(c2nc3ccccc3c3ccc4c5ccccc5sc4c23)OC1(C)C. The Kier molecular flexibility index (Phi) is 3.69. The van der Waals surface area contributed by atoms with E-state index in [1.54, 1.807) is 0 Å². The highest BCUT2D eigenvalue weighted by Gasteiger charge is 2.53. The van der Waals surface area contributed by atoms with E-state index >= 15 is 0 Å². The maximum absolute atomic E-state index is 6.45. The van der Waals surface area contributed by atoms with Crippen LogP contribution in [0.1, 0.15) is 27.7 Å². The summed E-state index contributed by atoms with van der Waals surface area (Å²) < 4.78 is 15.4. The molecule has 0 unspecified atom stereocenters. The van der Waals surface area contributed by atoms with Gasteiger partial charge < -0.3 is 9.31 Å². The molecule has 0 amide bonds. The number of rotatable bonds is 1. The zero-order valence-corrected chi connectivity index (χ0v) is 18.3. The molecule has 5 aromatic rings. The van der Waals surface area contributed by atoms with Crippen molar-refractivity contribution in [3.63, 3.8) is 0 Å². The van der Waals surface area contributed by atoms with E-state index in [-0.39, 0.29) is 0 Å². The molecular formula is C25H22BNO2S. The molecule has 0 spiro atoms. The molecule has 0 radical (unpaired) electrons. The number of fused-ring (bicyclic) bond motifs is 7. The molecule has 6 rings (SSSR count). The number of hydrogen-bond donors (Lipinski definition) is 0. The molecular weight excluding hydrogens is 389 g/mol. The van der Waals surface area contributed by atoms with E-state index in [2.05, 4.69) is 82.3 Å². The van der Waals surface area contributed by atoms with E-state index in [9.17, 15) is 0 Å². The van der Waals surface area contributed by atoms with Crippen molar-refractivity contribution in [2.24, 2.45) is 0 Å². The Labute approximate surface area is 179 Å². The number of aromatic nitrogens is 1. The van der Waals surface area contributed by atoms with Gasteiger partial charge in [-0.1, -0.05) is 48.5 Å². The number of nitrogens with zero attached hydrogens (tertiary/aromatic N) is 1. The highest BCUT2D eigenvalue weighted by molar-refractivity contribution is 7.26. The Balaban J connectivity index is 1.76. The van der Waals surface area contributed by atoms with Crippen LogP contribution in [-0.2, 0) is 9.31 Å². The minimum atomic E-state index is -0.502. The van der Waals surface area contributed by atoms with Gasteiger partial charge in [0.05, 0.1) is 22.3 Å². The van der Waals surface area contributed by atoms with Gasteiger partial charge in [-0.3, -0.25) is 4.98 Å². The topological polar surface area (TPSA) is 31.4 Å². The third-order valence-corrected chi connectivity index (χ3v) is 7.92. The molecule has 0 bridgehead atoms. The van der Waals surface area contributed by atoms with Gasteiger partial charge in [0.25, 0.3) is 0 Å². The van der Waals surface area contributed by atoms with Gasteiger partial charge in [0, 0.05) is 30.9 Å². The Morgan fingerprint density at radius 1 is 0.733 bits per heavy atom. The van der Waals surface area contributed by atoms with E-state index < -0.39 is 18.3 Å². The summed E-state index contributed by atoms with van der Waals surface area (Å²) in [6.45, 7) is 8.35. The van der Waals surface area contributed by atoms with Crippen molar-refractivity contribution < 1.29 is 9.31 Å². The number of para-hydroxylation sites is 1. The lowest BCUT2D eigenvalue weighted by Crippen LogP contribution is -2.41. The predicted molar refractivity (Wildman–Crippen MR) is 128 cm³/mol. The Hall–Kier alpha value is -2.47. The van der Waals surface area contributed by atoms with Gasteiger partial charge in [0.1, 0.15) is 0 Å². The molecule has 0 aliphatic carbocycles. The molecule has 0 atom stereocenters. The summed E-state index contributed by atoms with van der Waals surface area (Å²) >= 11 is 1.82. The monoisotopic (exact) mass is 411 g/mol. The first-order valence-electron chi connectivity index (χ1n) is 10.3. The van der Waals surface area contributed by atoms with E-state index in [1.807, 2.05) is 17.4 Å². The molecule has 3 nitrogen and oxygen atoms in total. The second kappa shape index (κ2) is 6.04. The van der Waals surface area contributed by atoms with Crippen molar-refractivity contribution in [3.8, 4) is 0 Å². The molecule has 148 valence electrons. The lowest BCUT2D eigenvalue weighted by molar-refractivity contribution is 0.00578. The number of pyridine rings is 1. The quantitative estimate of drug-likeness (QED) is 0.248. The van der Waals surface area contributed by atoms with Crippen LogP contribution < -0.4 is 5.59 Å². The third kappa shape index (κ3) is 2.43. The maximum atomic E-state index is 6.45. The molecule has 2 aromatic heterocycles. The summed E-state index contributed by atoms with van der Waals surface area (Å²) in [5.41, 5.74) is 1.02. The van der Waals surface area contributed by atoms with Gasteiger partial charge >= 0.3 is 7.12 Å². The van der Waals surface area contributed by atoms with Gasteiger partial charge in [-0.25, -0.2) is 0 Å². The molecule has 5 heteroatoms. The van der Waals surface area contributed by atoms with Crippen molar-refractivity contribution in [1.29, 1.82) is 0 Å². The van der Waals surface area contributed by atoms with Gasteiger partial charge in [-0.2, -0.15) is 0 Å². The zero-order chi connectivity index (χ0) is 20.7. The molecule has 3 aromatic carbocycles. The Bertz CT molecular complexity index is 1450. The van der Waals surface area contributed by atoms with Crippen molar-refractivity contribution >= 4 is 65.9 Å². The molecule has 1 fully saturated rings. The zero-order valence-electron chi connectivity index (χ0n) is 17.5. The highest BCUT2D eigenvalue weighted by Crippen LogP contribution is 2.41. The summed E-state index contributed by atoms with van der Waals surface area (Å²) in [6.07, 6.45) is 0. The number of thiophene rings is 1. The van der Waals surface area contributed by atoms with Gasteiger partial charge in [-0.05, 0) is 45.2 Å². The predicted octanol–water partition coefficient (Wildman–Crippen LogP) is 6.06. The lowest BCUT2D eigenvalue weighted by Gasteiger charge is -2.32. The molecule has 1 saturated heterocycles. The molecule has 3 heterocycles. The van der Waals surface area contributed by atoms with Gasteiger partial charge in [-0.15, -0.1) is 11.3 Å². The first-order valence-corrected chi connectivity index (χ1v) is 11.2. The lowest BCUT2D eigenvalue weighted by atomic mass is 9.80. The minimum absolute atomic E-state index is 0.411. The molecule has 30 heavy (non-hydrogen) atoms. The first-order chi connectivity index (χ1) is 14.4. The van der Waals surface area contributed by atoms with E-state index in [1.165, 1.54) is 25.6 Å². The van der Waals surface area contributed by atoms with Crippen molar-refractivity contribution in [1.82, 2.24) is 4.98 Å². The van der Waals surface area contributed by atoms with Crippen molar-refractivity contribution in [2.45, 2.75) is 38.9 Å². The van der Waals surface area contributed by atoms with E-state index in [4.69, 9.17) is 14.3 Å². The van der Waals surface area contributed by atoms with Crippen molar-refractivity contribution in [2.75, 3.05) is 0 Å². The van der Waals surface area contributed by atoms with E-state index in [0.717, 1.165) is 21.9 Å². The van der Waals surface area contributed by atoms with Crippen LogP contribution in [0.25, 0.3) is 41.8 Å². The number of benzene rings is 3. The van der Waals surface area contributed by atoms with Crippen LogP contribution >= 0.6 is 11.3 Å². The molecule has 1 aliphatic heterocycles. The van der Waals surface area contributed by atoms with Crippen LogP contribution in [0.4, 0.5) is 0 Å². The standard InChI is InChI=1S/C25H22BNO2S/c1-24(2)25(3,4)29-26(28-24)23-21-17(15-9-5-7-11-19(15)27-23)13-14-18-16-10-6-8-12-20(16)30-22(18)21/h5-14H,1-4H3. The summed E-state index contributed by atoms with van der Waals surface area (Å²) in [5.74, 6) is 0. The number of hydrogen-bond acceptors (Lipinski definition) is 4. The van der Waals surface area contributed by atoms with Crippen LogP contribution in [0.2, 0.25) is 0 Å². The fraction of sp³-hybridized carbons (Fsp3) is 0.240. The molecule has 0 saturated carbocycles. The highest BCUT2D eigenvalue weighted by atomic mass is 32.1.